The second-order valence-corrected chi connectivity index (χ2v) is 9.22. The summed E-state index contributed by atoms with van der Waals surface area (Å²) < 4.78 is 13.2. The third-order valence-electron chi connectivity index (χ3n) is 6.36. The highest BCUT2D eigenvalue weighted by Crippen LogP contribution is 2.53. The number of nitro groups is 1. The van der Waals surface area contributed by atoms with Gasteiger partial charge in [0.25, 0.3) is 5.69 Å². The lowest BCUT2D eigenvalue weighted by Gasteiger charge is -2.47. The van der Waals surface area contributed by atoms with Crippen molar-refractivity contribution in [3.8, 4) is 0 Å². The molecule has 32 heavy (non-hydrogen) atoms. The Kier molecular flexibility index (Phi) is 5.93. The number of hydrogen-bond acceptors (Lipinski definition) is 4. The van der Waals surface area contributed by atoms with Crippen LogP contribution in [0, 0.1) is 36.3 Å². The van der Waals surface area contributed by atoms with E-state index in [9.17, 15) is 10.1 Å². The standard InChI is InChI=1S/C26H28BNO4/c1-17-15-18(2)23(19(3)16-17)27-31-24(20-11-7-6-8-12-20)26(4,5)25(32-27)21-13-9-10-14-22(21)28(29)30/h6-16,24-25H,1-5H3. The second kappa shape index (κ2) is 8.53. The quantitative estimate of drug-likeness (QED) is 0.300. The number of benzene rings is 3. The van der Waals surface area contributed by atoms with E-state index in [2.05, 4.69) is 46.8 Å². The molecule has 0 bridgehead atoms. The number of rotatable bonds is 4. The first-order chi connectivity index (χ1) is 15.2. The van der Waals surface area contributed by atoms with Crippen LogP contribution in [0.15, 0.2) is 66.7 Å². The van der Waals surface area contributed by atoms with Crippen LogP contribution in [0.1, 0.15) is 53.9 Å². The normalized spacial score (nSPS) is 20.2. The molecule has 1 saturated heterocycles. The van der Waals surface area contributed by atoms with E-state index in [4.69, 9.17) is 9.31 Å². The minimum Gasteiger partial charge on any atom is -0.400 e. The lowest BCUT2D eigenvalue weighted by atomic mass is 9.65. The Bertz CT molecular complexity index is 1120. The van der Waals surface area contributed by atoms with Crippen molar-refractivity contribution in [2.45, 2.75) is 46.8 Å². The van der Waals surface area contributed by atoms with Crippen LogP contribution in [-0.4, -0.2) is 12.0 Å². The van der Waals surface area contributed by atoms with Gasteiger partial charge in [0.1, 0.15) is 0 Å². The minimum absolute atomic E-state index is 0.0652. The minimum atomic E-state index is -0.640. The van der Waals surface area contributed by atoms with Gasteiger partial charge in [-0.25, -0.2) is 0 Å². The first-order valence-electron chi connectivity index (χ1n) is 10.9. The molecule has 3 aromatic rings. The maximum absolute atomic E-state index is 11.8. The molecule has 0 saturated carbocycles. The van der Waals surface area contributed by atoms with Crippen LogP contribution < -0.4 is 5.46 Å². The number of aryl methyl sites for hydroxylation is 3. The monoisotopic (exact) mass is 429 g/mol. The molecule has 164 valence electrons. The fourth-order valence-electron chi connectivity index (χ4n) is 4.95. The lowest BCUT2D eigenvalue weighted by Crippen LogP contribution is -2.52. The van der Waals surface area contributed by atoms with Gasteiger partial charge in [0.05, 0.1) is 22.7 Å². The largest absolute Gasteiger partial charge is 0.495 e. The van der Waals surface area contributed by atoms with Gasteiger partial charge in [-0.15, -0.1) is 0 Å². The van der Waals surface area contributed by atoms with E-state index in [0.29, 0.717) is 5.56 Å². The smallest absolute Gasteiger partial charge is 0.400 e. The molecule has 5 nitrogen and oxygen atoms in total. The van der Waals surface area contributed by atoms with Crippen LogP contribution in [0.25, 0.3) is 0 Å². The first-order valence-corrected chi connectivity index (χ1v) is 10.9. The van der Waals surface area contributed by atoms with Gasteiger partial charge < -0.3 is 9.31 Å². The van der Waals surface area contributed by atoms with Gasteiger partial charge >= 0.3 is 7.12 Å². The molecular formula is C26H28BNO4. The third kappa shape index (κ3) is 3.96. The van der Waals surface area contributed by atoms with Crippen LogP contribution in [0.2, 0.25) is 0 Å². The Hall–Kier alpha value is -2.96. The molecule has 0 aliphatic carbocycles. The predicted molar refractivity (Wildman–Crippen MR) is 127 cm³/mol. The molecule has 1 fully saturated rings. The summed E-state index contributed by atoms with van der Waals surface area (Å²) in [6, 6.07) is 21.1. The van der Waals surface area contributed by atoms with Gasteiger partial charge in [0.15, 0.2) is 0 Å². The highest BCUT2D eigenvalue weighted by atomic mass is 16.6. The van der Waals surface area contributed by atoms with Gasteiger partial charge in [0.2, 0.25) is 0 Å². The van der Waals surface area contributed by atoms with E-state index in [1.54, 1.807) is 18.2 Å². The molecule has 0 spiro atoms. The zero-order chi connectivity index (χ0) is 23.0. The van der Waals surface area contributed by atoms with Crippen molar-refractivity contribution in [3.63, 3.8) is 0 Å². The number of nitrogens with zero attached hydrogens (tertiary/aromatic N) is 1. The summed E-state index contributed by atoms with van der Waals surface area (Å²) in [6.07, 6.45) is -0.847. The molecule has 0 radical (unpaired) electrons. The first kappa shape index (κ1) is 22.2. The average Bonchev–Trinajstić information content (AvgIpc) is 2.74. The molecule has 2 unspecified atom stereocenters. The van der Waals surface area contributed by atoms with Gasteiger partial charge in [-0.3, -0.25) is 10.1 Å². The molecular weight excluding hydrogens is 401 g/mol. The summed E-state index contributed by atoms with van der Waals surface area (Å²) >= 11 is 0. The van der Waals surface area contributed by atoms with Crippen LogP contribution in [-0.2, 0) is 9.31 Å². The fourth-order valence-corrected chi connectivity index (χ4v) is 4.95. The predicted octanol–water partition coefficient (Wildman–Crippen LogP) is 5.77. The van der Waals surface area contributed by atoms with Crippen molar-refractivity contribution in [1.29, 1.82) is 0 Å². The van der Waals surface area contributed by atoms with Crippen molar-refractivity contribution < 1.29 is 14.2 Å². The Labute approximate surface area is 189 Å². The highest BCUT2D eigenvalue weighted by Gasteiger charge is 2.51. The summed E-state index contributed by atoms with van der Waals surface area (Å²) in [5.41, 5.74) is 5.42. The summed E-state index contributed by atoms with van der Waals surface area (Å²) in [5, 5.41) is 11.8. The molecule has 1 aliphatic heterocycles. The number of hydrogen-bond donors (Lipinski definition) is 0. The molecule has 2 atom stereocenters. The van der Waals surface area contributed by atoms with E-state index in [0.717, 1.165) is 22.2 Å². The average molecular weight is 429 g/mol. The number of para-hydroxylation sites is 1. The van der Waals surface area contributed by atoms with Gasteiger partial charge in [-0.05, 0) is 37.9 Å². The van der Waals surface area contributed by atoms with Crippen molar-refractivity contribution in [2.75, 3.05) is 0 Å². The summed E-state index contributed by atoms with van der Waals surface area (Å²) in [5.74, 6) is 0. The molecule has 0 N–H and O–H groups in total. The topological polar surface area (TPSA) is 61.6 Å². The van der Waals surface area contributed by atoms with Gasteiger partial charge in [-0.2, -0.15) is 0 Å². The summed E-state index contributed by atoms with van der Waals surface area (Å²) in [4.78, 5) is 11.5. The molecule has 0 amide bonds. The Morgan fingerprint density at radius 1 is 0.875 bits per heavy atom. The molecule has 6 heteroatoms. The summed E-state index contributed by atoms with van der Waals surface area (Å²) in [6.45, 7) is 10.3. The van der Waals surface area contributed by atoms with Crippen LogP contribution in [0.5, 0.6) is 0 Å². The summed E-state index contributed by atoms with van der Waals surface area (Å²) in [7, 11) is -0.640. The van der Waals surface area contributed by atoms with E-state index in [1.807, 2.05) is 36.4 Å². The molecule has 4 rings (SSSR count). The van der Waals surface area contributed by atoms with Crippen LogP contribution >= 0.6 is 0 Å². The van der Waals surface area contributed by atoms with E-state index < -0.39 is 18.6 Å². The Morgan fingerprint density at radius 2 is 1.44 bits per heavy atom. The maximum atomic E-state index is 11.8. The van der Waals surface area contributed by atoms with Crippen molar-refractivity contribution in [3.05, 3.63) is 105 Å². The SMILES string of the molecule is Cc1cc(C)c(B2OC(c3ccccc3)C(C)(C)C(c3ccccc3[N+](=O)[O-])O2)c(C)c1. The molecule has 1 aliphatic rings. The number of nitro benzene ring substituents is 1. The van der Waals surface area contributed by atoms with E-state index in [1.165, 1.54) is 5.56 Å². The van der Waals surface area contributed by atoms with E-state index in [-0.39, 0.29) is 16.7 Å². The van der Waals surface area contributed by atoms with Crippen molar-refractivity contribution in [1.82, 2.24) is 0 Å². The van der Waals surface area contributed by atoms with Gasteiger partial charge in [-0.1, -0.05) is 85.1 Å². The van der Waals surface area contributed by atoms with Crippen LogP contribution in [0.3, 0.4) is 0 Å². The van der Waals surface area contributed by atoms with Crippen LogP contribution in [0.4, 0.5) is 5.69 Å². The fraction of sp³-hybridized carbons (Fsp3) is 0.308. The van der Waals surface area contributed by atoms with Gasteiger partial charge in [0, 0.05) is 11.5 Å². The molecule has 1 heterocycles. The van der Waals surface area contributed by atoms with Crippen molar-refractivity contribution in [2.24, 2.45) is 5.41 Å². The zero-order valence-electron chi connectivity index (χ0n) is 19.2. The second-order valence-electron chi connectivity index (χ2n) is 9.22. The Morgan fingerprint density at radius 3 is 2.06 bits per heavy atom. The third-order valence-corrected chi connectivity index (χ3v) is 6.36. The van der Waals surface area contributed by atoms with Crippen molar-refractivity contribution >= 4 is 18.3 Å². The highest BCUT2D eigenvalue weighted by molar-refractivity contribution is 6.62. The maximum Gasteiger partial charge on any atom is 0.495 e. The molecule has 3 aromatic carbocycles. The zero-order valence-corrected chi connectivity index (χ0v) is 19.2. The van der Waals surface area contributed by atoms with E-state index >= 15 is 0 Å². The molecule has 0 aromatic heterocycles. The Balaban J connectivity index is 1.89. The lowest BCUT2D eigenvalue weighted by molar-refractivity contribution is -0.386.